The molecule has 1 heterocycles. The van der Waals surface area contributed by atoms with Gasteiger partial charge in [-0.3, -0.25) is 4.79 Å². The Morgan fingerprint density at radius 2 is 2.06 bits per heavy atom. The van der Waals surface area contributed by atoms with Crippen LogP contribution in [0.15, 0.2) is 0 Å². The molecule has 17 heavy (non-hydrogen) atoms. The Bertz CT molecular complexity index is 273. The Morgan fingerprint density at radius 1 is 1.47 bits per heavy atom. The summed E-state index contributed by atoms with van der Waals surface area (Å²) >= 11 is 0. The summed E-state index contributed by atoms with van der Waals surface area (Å²) in [6.07, 6.45) is 0.573. The molecule has 6 heteroatoms. The van der Waals surface area contributed by atoms with Crippen molar-refractivity contribution >= 4 is 12.0 Å². The standard InChI is InChI=1S/C11H20N2O4/c1-8(14)7-10(15)13-5-3-9(4-6-13)12-11(16)17-2/h8-9,14H,3-7H2,1-2H3,(H,12,16)/t8-/m1/s1. The average molecular weight is 244 g/mol. The molecule has 0 saturated carbocycles. The van der Waals surface area contributed by atoms with Crippen molar-refractivity contribution in [3.05, 3.63) is 0 Å². The van der Waals surface area contributed by atoms with Gasteiger partial charge >= 0.3 is 6.09 Å². The fraction of sp³-hybridized carbons (Fsp3) is 0.818. The summed E-state index contributed by atoms with van der Waals surface area (Å²) in [5, 5.41) is 11.9. The van der Waals surface area contributed by atoms with Gasteiger partial charge in [0.25, 0.3) is 0 Å². The summed E-state index contributed by atoms with van der Waals surface area (Å²) in [6.45, 7) is 2.82. The summed E-state index contributed by atoms with van der Waals surface area (Å²) in [6, 6.07) is 0.0676. The fourth-order valence-electron chi connectivity index (χ4n) is 1.88. The summed E-state index contributed by atoms with van der Waals surface area (Å²) in [4.78, 5) is 24.4. The molecule has 1 atom stereocenters. The maximum absolute atomic E-state index is 11.6. The third-order valence-corrected chi connectivity index (χ3v) is 2.83. The van der Waals surface area contributed by atoms with E-state index in [1.807, 2.05) is 0 Å². The number of aliphatic hydroxyl groups is 1. The highest BCUT2D eigenvalue weighted by Crippen LogP contribution is 2.12. The monoisotopic (exact) mass is 244 g/mol. The van der Waals surface area contributed by atoms with Crippen molar-refractivity contribution in [2.24, 2.45) is 0 Å². The van der Waals surface area contributed by atoms with Gasteiger partial charge < -0.3 is 20.1 Å². The lowest BCUT2D eigenvalue weighted by molar-refractivity contribution is -0.134. The number of hydrogen-bond acceptors (Lipinski definition) is 4. The summed E-state index contributed by atoms with van der Waals surface area (Å²) < 4.78 is 4.52. The zero-order chi connectivity index (χ0) is 12.8. The highest BCUT2D eigenvalue weighted by Gasteiger charge is 2.24. The lowest BCUT2D eigenvalue weighted by Gasteiger charge is -2.32. The molecule has 1 fully saturated rings. The third kappa shape index (κ3) is 4.60. The van der Waals surface area contributed by atoms with Gasteiger partial charge in [-0.15, -0.1) is 0 Å². The number of ether oxygens (including phenoxy) is 1. The van der Waals surface area contributed by atoms with E-state index in [2.05, 4.69) is 10.1 Å². The number of amides is 2. The lowest BCUT2D eigenvalue weighted by Crippen LogP contribution is -2.46. The Labute approximate surface area is 101 Å². The largest absolute Gasteiger partial charge is 0.453 e. The van der Waals surface area contributed by atoms with Gasteiger partial charge in [0.05, 0.1) is 19.6 Å². The molecule has 0 aliphatic carbocycles. The molecule has 0 unspecified atom stereocenters. The molecule has 0 aromatic carbocycles. The second kappa shape index (κ2) is 6.44. The molecule has 0 aromatic heterocycles. The number of alkyl carbamates (subject to hydrolysis) is 1. The molecular formula is C11H20N2O4. The van der Waals surface area contributed by atoms with Crippen molar-refractivity contribution < 1.29 is 19.4 Å². The summed E-state index contributed by atoms with van der Waals surface area (Å²) in [5.41, 5.74) is 0. The number of hydrogen-bond donors (Lipinski definition) is 2. The van der Waals surface area contributed by atoms with Crippen molar-refractivity contribution in [2.75, 3.05) is 20.2 Å². The van der Waals surface area contributed by atoms with E-state index < -0.39 is 12.2 Å². The predicted octanol–water partition coefficient (Wildman–Crippen LogP) is 0.104. The molecule has 1 rings (SSSR count). The number of methoxy groups -OCH3 is 1. The zero-order valence-corrected chi connectivity index (χ0v) is 10.3. The first kappa shape index (κ1) is 13.8. The van der Waals surface area contributed by atoms with Gasteiger partial charge in [-0.25, -0.2) is 4.79 Å². The van der Waals surface area contributed by atoms with E-state index in [1.54, 1.807) is 11.8 Å². The van der Waals surface area contributed by atoms with Gasteiger partial charge in [0.1, 0.15) is 0 Å². The van der Waals surface area contributed by atoms with E-state index in [-0.39, 0.29) is 18.4 Å². The molecule has 0 bridgehead atoms. The lowest BCUT2D eigenvalue weighted by atomic mass is 10.0. The smallest absolute Gasteiger partial charge is 0.407 e. The van der Waals surface area contributed by atoms with E-state index in [0.717, 1.165) is 12.8 Å². The van der Waals surface area contributed by atoms with Crippen molar-refractivity contribution in [3.63, 3.8) is 0 Å². The molecule has 1 aliphatic heterocycles. The van der Waals surface area contributed by atoms with E-state index in [9.17, 15) is 9.59 Å². The van der Waals surface area contributed by atoms with Gasteiger partial charge in [0.15, 0.2) is 0 Å². The molecule has 1 saturated heterocycles. The maximum atomic E-state index is 11.6. The van der Waals surface area contributed by atoms with Gasteiger partial charge in [-0.05, 0) is 19.8 Å². The third-order valence-electron chi connectivity index (χ3n) is 2.83. The van der Waals surface area contributed by atoms with Gasteiger partial charge in [0.2, 0.25) is 5.91 Å². The van der Waals surface area contributed by atoms with Crippen molar-refractivity contribution in [1.29, 1.82) is 0 Å². The zero-order valence-electron chi connectivity index (χ0n) is 10.3. The van der Waals surface area contributed by atoms with E-state index >= 15 is 0 Å². The van der Waals surface area contributed by atoms with Crippen LogP contribution in [-0.2, 0) is 9.53 Å². The molecule has 2 N–H and O–H groups in total. The molecule has 6 nitrogen and oxygen atoms in total. The number of rotatable bonds is 3. The second-order valence-electron chi connectivity index (χ2n) is 4.34. The molecule has 0 spiro atoms. The number of carbonyl (C=O) groups excluding carboxylic acids is 2. The predicted molar refractivity (Wildman–Crippen MR) is 61.4 cm³/mol. The number of aliphatic hydroxyl groups excluding tert-OH is 1. The first-order chi connectivity index (χ1) is 8.02. The van der Waals surface area contributed by atoms with Gasteiger partial charge in [-0.1, -0.05) is 0 Å². The topological polar surface area (TPSA) is 78.9 Å². The molecule has 2 amide bonds. The van der Waals surface area contributed by atoms with Crippen LogP contribution < -0.4 is 5.32 Å². The van der Waals surface area contributed by atoms with E-state index in [0.29, 0.717) is 13.1 Å². The minimum Gasteiger partial charge on any atom is -0.453 e. The van der Waals surface area contributed by atoms with Crippen LogP contribution in [0, 0.1) is 0 Å². The van der Waals surface area contributed by atoms with Crippen LogP contribution in [0.1, 0.15) is 26.2 Å². The summed E-state index contributed by atoms with van der Waals surface area (Å²) in [5.74, 6) is -0.0310. The molecular weight excluding hydrogens is 224 g/mol. The number of carbonyl (C=O) groups is 2. The minimum atomic E-state index is -0.603. The summed E-state index contributed by atoms with van der Waals surface area (Å²) in [7, 11) is 1.33. The normalized spacial score (nSPS) is 18.6. The highest BCUT2D eigenvalue weighted by atomic mass is 16.5. The van der Waals surface area contributed by atoms with Crippen LogP contribution in [0.2, 0.25) is 0 Å². The number of likely N-dealkylation sites (tertiary alicyclic amines) is 1. The number of nitrogens with zero attached hydrogens (tertiary/aromatic N) is 1. The number of piperidine rings is 1. The van der Waals surface area contributed by atoms with E-state index in [4.69, 9.17) is 5.11 Å². The first-order valence-electron chi connectivity index (χ1n) is 5.83. The number of nitrogens with one attached hydrogen (secondary N) is 1. The molecule has 0 radical (unpaired) electrons. The quantitative estimate of drug-likeness (QED) is 0.738. The van der Waals surface area contributed by atoms with Crippen molar-refractivity contribution in [3.8, 4) is 0 Å². The van der Waals surface area contributed by atoms with Crippen LogP contribution in [0.5, 0.6) is 0 Å². The maximum Gasteiger partial charge on any atom is 0.407 e. The Kier molecular flexibility index (Phi) is 5.21. The minimum absolute atomic E-state index is 0.0310. The van der Waals surface area contributed by atoms with Crippen molar-refractivity contribution in [2.45, 2.75) is 38.3 Å². The van der Waals surface area contributed by atoms with Crippen LogP contribution >= 0.6 is 0 Å². The van der Waals surface area contributed by atoms with Crippen LogP contribution in [0.3, 0.4) is 0 Å². The van der Waals surface area contributed by atoms with Crippen molar-refractivity contribution in [1.82, 2.24) is 10.2 Å². The first-order valence-corrected chi connectivity index (χ1v) is 5.83. The van der Waals surface area contributed by atoms with Gasteiger partial charge in [-0.2, -0.15) is 0 Å². The Hall–Kier alpha value is -1.30. The average Bonchev–Trinajstić information content (AvgIpc) is 2.28. The van der Waals surface area contributed by atoms with Crippen LogP contribution in [0.25, 0.3) is 0 Å². The highest BCUT2D eigenvalue weighted by molar-refractivity contribution is 5.76. The second-order valence-corrected chi connectivity index (χ2v) is 4.34. The Morgan fingerprint density at radius 3 is 2.53 bits per heavy atom. The Balaban J connectivity index is 2.30. The fourth-order valence-corrected chi connectivity index (χ4v) is 1.88. The van der Waals surface area contributed by atoms with Crippen LogP contribution in [-0.4, -0.2) is 54.4 Å². The SMILES string of the molecule is COC(=O)NC1CCN(C(=O)C[C@@H](C)O)CC1. The molecule has 0 aromatic rings. The van der Waals surface area contributed by atoms with E-state index in [1.165, 1.54) is 7.11 Å². The molecule has 98 valence electrons. The molecule has 1 aliphatic rings. The van der Waals surface area contributed by atoms with Crippen LogP contribution in [0.4, 0.5) is 4.79 Å². The van der Waals surface area contributed by atoms with Gasteiger partial charge in [0, 0.05) is 19.1 Å².